The Kier molecular flexibility index (Phi) is 5.97. The van der Waals surface area contributed by atoms with E-state index in [0.29, 0.717) is 28.8 Å². The second kappa shape index (κ2) is 8.60. The molecule has 0 aliphatic rings. The number of carbonyl (C=O) groups excluding carboxylic acids is 1. The van der Waals surface area contributed by atoms with Crippen LogP contribution in [0.5, 0.6) is 11.5 Å². The molecule has 29 heavy (non-hydrogen) atoms. The molecule has 3 rings (SSSR count). The number of ether oxygens (including phenoxy) is 2. The molecule has 0 bridgehead atoms. The van der Waals surface area contributed by atoms with Crippen molar-refractivity contribution >= 4 is 23.1 Å². The first-order valence-electron chi connectivity index (χ1n) is 9.13. The Balaban J connectivity index is 1.86. The van der Waals surface area contributed by atoms with Crippen molar-refractivity contribution in [2.24, 2.45) is 0 Å². The first-order chi connectivity index (χ1) is 13.9. The first-order valence-corrected chi connectivity index (χ1v) is 9.13. The van der Waals surface area contributed by atoms with Gasteiger partial charge in [-0.25, -0.2) is 9.97 Å². The number of aromatic nitrogens is 2. The first kappa shape index (κ1) is 20.1. The van der Waals surface area contributed by atoms with Crippen molar-refractivity contribution in [2.45, 2.75) is 20.8 Å². The molecule has 150 valence electrons. The summed E-state index contributed by atoms with van der Waals surface area (Å²) in [5.74, 6) is 1.82. The van der Waals surface area contributed by atoms with Gasteiger partial charge in [-0.15, -0.1) is 0 Å². The number of hydrogen-bond donors (Lipinski definition) is 2. The van der Waals surface area contributed by atoms with E-state index >= 15 is 0 Å². The van der Waals surface area contributed by atoms with Crippen LogP contribution in [-0.2, 0) is 0 Å². The monoisotopic (exact) mass is 392 g/mol. The number of nitrogens with zero attached hydrogens (tertiary/aromatic N) is 2. The fourth-order valence-electron chi connectivity index (χ4n) is 2.86. The molecule has 0 unspecified atom stereocenters. The number of amides is 1. The molecule has 0 atom stereocenters. The van der Waals surface area contributed by atoms with Crippen molar-refractivity contribution in [3.05, 3.63) is 65.1 Å². The van der Waals surface area contributed by atoms with Crippen molar-refractivity contribution < 1.29 is 14.3 Å². The van der Waals surface area contributed by atoms with Gasteiger partial charge in [-0.2, -0.15) is 0 Å². The highest BCUT2D eigenvalue weighted by molar-refractivity contribution is 6.04. The van der Waals surface area contributed by atoms with Crippen LogP contribution >= 0.6 is 0 Å². The third-order valence-corrected chi connectivity index (χ3v) is 4.59. The molecule has 7 nitrogen and oxygen atoms in total. The van der Waals surface area contributed by atoms with E-state index in [4.69, 9.17) is 9.47 Å². The third kappa shape index (κ3) is 4.63. The fraction of sp³-hybridized carbons (Fsp3) is 0.227. The van der Waals surface area contributed by atoms with E-state index < -0.39 is 0 Å². The lowest BCUT2D eigenvalue weighted by Gasteiger charge is -2.13. The highest BCUT2D eigenvalue weighted by atomic mass is 16.5. The van der Waals surface area contributed by atoms with Gasteiger partial charge in [0.25, 0.3) is 5.91 Å². The van der Waals surface area contributed by atoms with Crippen molar-refractivity contribution in [1.29, 1.82) is 0 Å². The second-order valence-electron chi connectivity index (χ2n) is 6.58. The van der Waals surface area contributed by atoms with Gasteiger partial charge in [-0.3, -0.25) is 4.79 Å². The summed E-state index contributed by atoms with van der Waals surface area (Å²) < 4.78 is 10.5. The van der Waals surface area contributed by atoms with E-state index in [-0.39, 0.29) is 11.6 Å². The Hall–Kier alpha value is -3.61. The molecule has 0 aliphatic heterocycles. The summed E-state index contributed by atoms with van der Waals surface area (Å²) in [4.78, 5) is 21.5. The Labute approximate surface area is 170 Å². The SMILES string of the molecule is COc1ccc(NC(=O)c2cc(Nc3cccc(C)c3C)nc(C)n2)c(OC)c1. The van der Waals surface area contributed by atoms with Crippen molar-refractivity contribution in [3.8, 4) is 11.5 Å². The maximum atomic E-state index is 12.8. The summed E-state index contributed by atoms with van der Waals surface area (Å²) in [5, 5.41) is 6.11. The molecule has 0 fully saturated rings. The van der Waals surface area contributed by atoms with Crippen molar-refractivity contribution in [2.75, 3.05) is 24.9 Å². The van der Waals surface area contributed by atoms with Gasteiger partial charge in [0.2, 0.25) is 0 Å². The molecule has 0 saturated heterocycles. The Morgan fingerprint density at radius 3 is 2.45 bits per heavy atom. The summed E-state index contributed by atoms with van der Waals surface area (Å²) in [6.07, 6.45) is 0. The van der Waals surface area contributed by atoms with Crippen molar-refractivity contribution in [1.82, 2.24) is 9.97 Å². The molecule has 0 spiro atoms. The minimum atomic E-state index is -0.358. The van der Waals surface area contributed by atoms with E-state index in [0.717, 1.165) is 11.3 Å². The van der Waals surface area contributed by atoms with Gasteiger partial charge < -0.3 is 20.1 Å². The van der Waals surface area contributed by atoms with Crippen molar-refractivity contribution in [3.63, 3.8) is 0 Å². The van der Waals surface area contributed by atoms with Crippen LogP contribution in [0.1, 0.15) is 27.4 Å². The third-order valence-electron chi connectivity index (χ3n) is 4.59. The van der Waals surface area contributed by atoms with Crippen LogP contribution in [0, 0.1) is 20.8 Å². The highest BCUT2D eigenvalue weighted by Crippen LogP contribution is 2.29. The molecule has 2 aromatic carbocycles. The number of hydrogen-bond acceptors (Lipinski definition) is 6. The molecular formula is C22H24N4O3. The lowest BCUT2D eigenvalue weighted by molar-refractivity contribution is 0.102. The second-order valence-corrected chi connectivity index (χ2v) is 6.58. The summed E-state index contributed by atoms with van der Waals surface area (Å²) in [6, 6.07) is 12.8. The zero-order chi connectivity index (χ0) is 21.0. The van der Waals surface area contributed by atoms with Crippen LogP contribution in [0.25, 0.3) is 0 Å². The van der Waals surface area contributed by atoms with Gasteiger partial charge in [0.05, 0.1) is 19.9 Å². The van der Waals surface area contributed by atoms with Crippen LogP contribution in [0.3, 0.4) is 0 Å². The van der Waals surface area contributed by atoms with Gasteiger partial charge in [0.1, 0.15) is 28.8 Å². The van der Waals surface area contributed by atoms with Crippen LogP contribution in [0.2, 0.25) is 0 Å². The van der Waals surface area contributed by atoms with Crippen LogP contribution in [0.15, 0.2) is 42.5 Å². The van der Waals surface area contributed by atoms with Gasteiger partial charge in [-0.05, 0) is 50.1 Å². The lowest BCUT2D eigenvalue weighted by atomic mass is 10.1. The largest absolute Gasteiger partial charge is 0.497 e. The van der Waals surface area contributed by atoms with E-state index in [9.17, 15) is 4.79 Å². The number of carbonyl (C=O) groups is 1. The summed E-state index contributed by atoms with van der Waals surface area (Å²) >= 11 is 0. The predicted octanol–water partition coefficient (Wildman–Crippen LogP) is 4.41. The molecule has 3 aromatic rings. The topological polar surface area (TPSA) is 85.4 Å². The Morgan fingerprint density at radius 1 is 0.931 bits per heavy atom. The van der Waals surface area contributed by atoms with Gasteiger partial charge in [-0.1, -0.05) is 12.1 Å². The molecule has 1 amide bonds. The zero-order valence-corrected chi connectivity index (χ0v) is 17.2. The number of nitrogens with one attached hydrogen (secondary N) is 2. The molecule has 7 heteroatoms. The molecule has 1 aromatic heterocycles. The zero-order valence-electron chi connectivity index (χ0n) is 17.2. The van der Waals surface area contributed by atoms with E-state index in [1.807, 2.05) is 32.0 Å². The minimum absolute atomic E-state index is 0.253. The lowest BCUT2D eigenvalue weighted by Crippen LogP contribution is -2.16. The number of anilines is 3. The average Bonchev–Trinajstić information content (AvgIpc) is 2.71. The van der Waals surface area contributed by atoms with E-state index in [2.05, 4.69) is 20.6 Å². The van der Waals surface area contributed by atoms with Crippen LogP contribution < -0.4 is 20.1 Å². The molecule has 0 aliphatic carbocycles. The summed E-state index contributed by atoms with van der Waals surface area (Å²) in [5.41, 5.74) is 4.01. The highest BCUT2D eigenvalue weighted by Gasteiger charge is 2.14. The number of aryl methyl sites for hydroxylation is 2. The number of benzene rings is 2. The predicted molar refractivity (Wildman–Crippen MR) is 113 cm³/mol. The van der Waals surface area contributed by atoms with Crippen LogP contribution in [-0.4, -0.2) is 30.1 Å². The minimum Gasteiger partial charge on any atom is -0.497 e. The van der Waals surface area contributed by atoms with E-state index in [1.165, 1.54) is 12.7 Å². The van der Waals surface area contributed by atoms with E-state index in [1.54, 1.807) is 38.3 Å². The van der Waals surface area contributed by atoms with Gasteiger partial charge >= 0.3 is 0 Å². The maximum Gasteiger partial charge on any atom is 0.274 e. The molecule has 2 N–H and O–H groups in total. The summed E-state index contributed by atoms with van der Waals surface area (Å²) in [7, 11) is 3.10. The Morgan fingerprint density at radius 2 is 1.72 bits per heavy atom. The van der Waals surface area contributed by atoms with Gasteiger partial charge in [0, 0.05) is 17.8 Å². The quantitative estimate of drug-likeness (QED) is 0.646. The fourth-order valence-corrected chi connectivity index (χ4v) is 2.86. The number of methoxy groups -OCH3 is 2. The molecule has 0 saturated carbocycles. The molecule has 0 radical (unpaired) electrons. The van der Waals surface area contributed by atoms with Crippen LogP contribution in [0.4, 0.5) is 17.2 Å². The standard InChI is InChI=1S/C22H24N4O3/c1-13-7-6-8-17(14(13)2)25-21-12-19(23-15(3)24-21)22(27)26-18-10-9-16(28-4)11-20(18)29-5/h6-12H,1-5H3,(H,26,27)(H,23,24,25). The molecule has 1 heterocycles. The molecular weight excluding hydrogens is 368 g/mol. The van der Waals surface area contributed by atoms with Gasteiger partial charge in [0.15, 0.2) is 0 Å². The Bertz CT molecular complexity index is 1050. The smallest absolute Gasteiger partial charge is 0.274 e. The summed E-state index contributed by atoms with van der Waals surface area (Å²) in [6.45, 7) is 5.83. The number of rotatable bonds is 6. The average molecular weight is 392 g/mol. The normalized spacial score (nSPS) is 10.4. The maximum absolute atomic E-state index is 12.8.